The van der Waals surface area contributed by atoms with E-state index >= 15 is 0 Å². The highest BCUT2D eigenvalue weighted by molar-refractivity contribution is 5.89. The normalized spacial score (nSPS) is 12.0. The van der Waals surface area contributed by atoms with Gasteiger partial charge in [-0.05, 0) is 38.5 Å². The van der Waals surface area contributed by atoms with Crippen LogP contribution in [0.25, 0.3) is 0 Å². The van der Waals surface area contributed by atoms with E-state index in [0.717, 1.165) is 11.3 Å². The molecule has 0 bridgehead atoms. The number of carbonyl (C=O) groups excluding carboxylic acids is 1. The van der Waals surface area contributed by atoms with Crippen molar-refractivity contribution in [3.63, 3.8) is 0 Å². The molecule has 17 heavy (non-hydrogen) atoms. The van der Waals surface area contributed by atoms with E-state index in [1.807, 2.05) is 45.0 Å². The van der Waals surface area contributed by atoms with Crippen LogP contribution in [0.15, 0.2) is 24.3 Å². The Kier molecular flexibility index (Phi) is 4.97. The maximum absolute atomic E-state index is 11.8. The third kappa shape index (κ3) is 3.75. The van der Waals surface area contributed by atoms with E-state index in [1.165, 1.54) is 0 Å². The molecular formula is C13H21N3O. The van der Waals surface area contributed by atoms with Crippen molar-refractivity contribution in [3.05, 3.63) is 29.8 Å². The zero-order chi connectivity index (χ0) is 12.8. The van der Waals surface area contributed by atoms with Crippen molar-refractivity contribution in [3.8, 4) is 0 Å². The molecule has 4 heteroatoms. The molecule has 0 aliphatic rings. The smallest absolute Gasteiger partial charge is 0.321 e. The summed E-state index contributed by atoms with van der Waals surface area (Å²) in [6.07, 6.45) is 0. The van der Waals surface area contributed by atoms with E-state index in [-0.39, 0.29) is 12.1 Å². The van der Waals surface area contributed by atoms with Gasteiger partial charge in [-0.3, -0.25) is 0 Å². The number of amides is 2. The number of rotatable bonds is 4. The first-order valence-electron chi connectivity index (χ1n) is 6.00. The number of nitrogens with zero attached hydrogens (tertiary/aromatic N) is 1. The minimum Gasteiger partial charge on any atom is -0.325 e. The van der Waals surface area contributed by atoms with Gasteiger partial charge in [0.2, 0.25) is 0 Å². The van der Waals surface area contributed by atoms with Gasteiger partial charge >= 0.3 is 6.03 Å². The van der Waals surface area contributed by atoms with Crippen LogP contribution in [0.3, 0.4) is 0 Å². The average molecular weight is 235 g/mol. The molecule has 3 N–H and O–H groups in total. The summed E-state index contributed by atoms with van der Waals surface area (Å²) in [5.41, 5.74) is 7.62. The van der Waals surface area contributed by atoms with Gasteiger partial charge in [0.05, 0.1) is 0 Å². The molecule has 0 aliphatic carbocycles. The summed E-state index contributed by atoms with van der Waals surface area (Å²) in [5, 5.41) is 2.86. The SMILES string of the molecule is CCN(CC)C(=O)Nc1ccc([C@@H](C)N)cc1. The predicted molar refractivity (Wildman–Crippen MR) is 71.0 cm³/mol. The average Bonchev–Trinajstić information content (AvgIpc) is 2.31. The van der Waals surface area contributed by atoms with Gasteiger partial charge in [0.25, 0.3) is 0 Å². The van der Waals surface area contributed by atoms with Crippen molar-refractivity contribution in [2.24, 2.45) is 5.73 Å². The highest BCUT2D eigenvalue weighted by Gasteiger charge is 2.09. The fraction of sp³-hybridized carbons (Fsp3) is 0.462. The van der Waals surface area contributed by atoms with Gasteiger partial charge in [0.15, 0.2) is 0 Å². The molecule has 1 aromatic rings. The minimum atomic E-state index is -0.0662. The third-order valence-electron chi connectivity index (χ3n) is 2.74. The number of anilines is 1. The number of nitrogens with one attached hydrogen (secondary N) is 1. The summed E-state index contributed by atoms with van der Waals surface area (Å²) >= 11 is 0. The van der Waals surface area contributed by atoms with E-state index in [2.05, 4.69) is 5.32 Å². The lowest BCUT2D eigenvalue weighted by molar-refractivity contribution is 0.217. The molecule has 0 unspecified atom stereocenters. The van der Waals surface area contributed by atoms with Gasteiger partial charge in [-0.1, -0.05) is 12.1 Å². The predicted octanol–water partition coefficient (Wildman–Crippen LogP) is 2.58. The summed E-state index contributed by atoms with van der Waals surface area (Å²) in [7, 11) is 0. The zero-order valence-corrected chi connectivity index (χ0v) is 10.7. The van der Waals surface area contributed by atoms with Crippen LogP contribution < -0.4 is 11.1 Å². The van der Waals surface area contributed by atoms with Crippen molar-refractivity contribution >= 4 is 11.7 Å². The van der Waals surface area contributed by atoms with Gasteiger partial charge in [0, 0.05) is 24.8 Å². The standard InChI is InChI=1S/C13H21N3O/c1-4-16(5-2)13(17)15-12-8-6-11(7-9-12)10(3)14/h6-10H,4-5,14H2,1-3H3,(H,15,17)/t10-/m1/s1. The third-order valence-corrected chi connectivity index (χ3v) is 2.74. The number of hydrogen-bond acceptors (Lipinski definition) is 2. The number of urea groups is 1. The lowest BCUT2D eigenvalue weighted by Gasteiger charge is -2.19. The first-order chi connectivity index (χ1) is 8.08. The van der Waals surface area contributed by atoms with Crippen molar-refractivity contribution in [2.75, 3.05) is 18.4 Å². The molecule has 0 radical (unpaired) electrons. The summed E-state index contributed by atoms with van der Waals surface area (Å²) in [4.78, 5) is 13.5. The monoisotopic (exact) mass is 235 g/mol. The Bertz CT molecular complexity index is 355. The molecule has 0 saturated carbocycles. The largest absolute Gasteiger partial charge is 0.325 e. The summed E-state index contributed by atoms with van der Waals surface area (Å²) in [5.74, 6) is 0. The number of hydrogen-bond donors (Lipinski definition) is 2. The maximum Gasteiger partial charge on any atom is 0.321 e. The zero-order valence-electron chi connectivity index (χ0n) is 10.7. The highest BCUT2D eigenvalue weighted by atomic mass is 16.2. The second-order valence-electron chi connectivity index (χ2n) is 4.01. The van der Waals surface area contributed by atoms with Crippen LogP contribution in [0.1, 0.15) is 32.4 Å². The molecule has 1 atom stereocenters. The van der Waals surface area contributed by atoms with Gasteiger partial charge in [-0.2, -0.15) is 0 Å². The van der Waals surface area contributed by atoms with Crippen molar-refractivity contribution in [1.82, 2.24) is 4.90 Å². The summed E-state index contributed by atoms with van der Waals surface area (Å²) in [6, 6.07) is 7.57. The summed E-state index contributed by atoms with van der Waals surface area (Å²) < 4.78 is 0. The molecule has 2 amide bonds. The van der Waals surface area contributed by atoms with Crippen LogP contribution in [-0.4, -0.2) is 24.0 Å². The Hall–Kier alpha value is -1.55. The molecule has 94 valence electrons. The first kappa shape index (κ1) is 13.5. The molecule has 0 spiro atoms. The molecule has 1 rings (SSSR count). The molecule has 0 saturated heterocycles. The van der Waals surface area contributed by atoms with Gasteiger partial charge in [-0.15, -0.1) is 0 Å². The van der Waals surface area contributed by atoms with E-state index < -0.39 is 0 Å². The van der Waals surface area contributed by atoms with E-state index in [4.69, 9.17) is 5.73 Å². The van der Waals surface area contributed by atoms with Crippen molar-refractivity contribution in [2.45, 2.75) is 26.8 Å². The first-order valence-corrected chi connectivity index (χ1v) is 6.00. The van der Waals surface area contributed by atoms with Crippen LogP contribution in [0, 0.1) is 0 Å². The number of nitrogens with two attached hydrogens (primary N) is 1. The highest BCUT2D eigenvalue weighted by Crippen LogP contribution is 2.14. The van der Waals surface area contributed by atoms with Crippen LogP contribution in [0.4, 0.5) is 10.5 Å². The molecule has 1 aromatic carbocycles. The Morgan fingerprint density at radius 3 is 2.24 bits per heavy atom. The van der Waals surface area contributed by atoms with Gasteiger partial charge < -0.3 is 16.0 Å². The molecule has 0 heterocycles. The molecule has 0 aliphatic heterocycles. The summed E-state index contributed by atoms with van der Waals surface area (Å²) in [6.45, 7) is 7.27. The molecule has 0 aromatic heterocycles. The van der Waals surface area contributed by atoms with Gasteiger partial charge in [-0.25, -0.2) is 4.79 Å². The lowest BCUT2D eigenvalue weighted by Crippen LogP contribution is -2.34. The van der Waals surface area contributed by atoms with Crippen LogP contribution >= 0.6 is 0 Å². The van der Waals surface area contributed by atoms with Crippen LogP contribution in [-0.2, 0) is 0 Å². The van der Waals surface area contributed by atoms with Crippen LogP contribution in [0.5, 0.6) is 0 Å². The quantitative estimate of drug-likeness (QED) is 0.842. The fourth-order valence-corrected chi connectivity index (χ4v) is 1.58. The lowest BCUT2D eigenvalue weighted by atomic mass is 10.1. The Morgan fingerprint density at radius 1 is 1.29 bits per heavy atom. The van der Waals surface area contributed by atoms with E-state index in [0.29, 0.717) is 13.1 Å². The van der Waals surface area contributed by atoms with E-state index in [1.54, 1.807) is 4.90 Å². The Labute approximate surface area is 103 Å². The number of benzene rings is 1. The molecule has 0 fully saturated rings. The number of carbonyl (C=O) groups is 1. The van der Waals surface area contributed by atoms with Crippen LogP contribution in [0.2, 0.25) is 0 Å². The second-order valence-corrected chi connectivity index (χ2v) is 4.01. The van der Waals surface area contributed by atoms with E-state index in [9.17, 15) is 4.79 Å². The topological polar surface area (TPSA) is 58.4 Å². The van der Waals surface area contributed by atoms with Gasteiger partial charge in [0.1, 0.15) is 0 Å². The maximum atomic E-state index is 11.8. The van der Waals surface area contributed by atoms with Crippen molar-refractivity contribution in [1.29, 1.82) is 0 Å². The fourth-order valence-electron chi connectivity index (χ4n) is 1.58. The molecule has 4 nitrogen and oxygen atoms in total. The Morgan fingerprint density at radius 2 is 1.82 bits per heavy atom. The molecular weight excluding hydrogens is 214 g/mol. The Balaban J connectivity index is 2.66. The van der Waals surface area contributed by atoms with Crippen molar-refractivity contribution < 1.29 is 4.79 Å². The minimum absolute atomic E-state index is 0.0162. The second kappa shape index (κ2) is 6.25.